The molecule has 2 aromatic rings. The van der Waals surface area contributed by atoms with Gasteiger partial charge in [-0.15, -0.1) is 0 Å². The molecule has 1 amide bonds. The van der Waals surface area contributed by atoms with Crippen LogP contribution >= 0.6 is 0 Å². The highest BCUT2D eigenvalue weighted by molar-refractivity contribution is 5.93. The first-order chi connectivity index (χ1) is 15.4. The number of nitrogens with one attached hydrogen (secondary N) is 2. The molecule has 1 saturated heterocycles. The topological polar surface area (TPSA) is 114 Å². The van der Waals surface area contributed by atoms with Gasteiger partial charge in [0, 0.05) is 19.1 Å². The Hall–Kier alpha value is -2.78. The van der Waals surface area contributed by atoms with Gasteiger partial charge in [-0.25, -0.2) is 9.78 Å². The van der Waals surface area contributed by atoms with Crippen molar-refractivity contribution < 1.29 is 19.1 Å². The summed E-state index contributed by atoms with van der Waals surface area (Å²) in [6, 6.07) is 4.71. The van der Waals surface area contributed by atoms with Gasteiger partial charge in [0.25, 0.3) is 5.56 Å². The molecule has 9 heteroatoms. The van der Waals surface area contributed by atoms with E-state index in [9.17, 15) is 14.4 Å². The number of hydrogen-bond donors (Lipinski definition) is 2. The minimum Gasteiger partial charge on any atom is -0.465 e. The third-order valence-corrected chi connectivity index (χ3v) is 5.58. The predicted molar refractivity (Wildman–Crippen MR) is 120 cm³/mol. The molecule has 1 aromatic carbocycles. The van der Waals surface area contributed by atoms with Crippen molar-refractivity contribution in [3.63, 3.8) is 0 Å². The number of likely N-dealkylation sites (tertiary alicyclic amines) is 1. The van der Waals surface area contributed by atoms with E-state index in [1.807, 2.05) is 13.8 Å². The zero-order valence-corrected chi connectivity index (χ0v) is 19.0. The van der Waals surface area contributed by atoms with E-state index in [0.717, 1.165) is 32.4 Å². The van der Waals surface area contributed by atoms with Crippen LogP contribution in [0.1, 0.15) is 49.3 Å². The van der Waals surface area contributed by atoms with E-state index >= 15 is 0 Å². The Labute approximate surface area is 187 Å². The van der Waals surface area contributed by atoms with Gasteiger partial charge in [-0.1, -0.05) is 0 Å². The molecule has 1 aliphatic rings. The molecule has 0 atom stereocenters. The number of aromatic nitrogens is 2. The van der Waals surface area contributed by atoms with Crippen LogP contribution in [0.3, 0.4) is 0 Å². The van der Waals surface area contributed by atoms with Crippen molar-refractivity contribution >= 4 is 22.8 Å². The predicted octanol–water partition coefficient (Wildman–Crippen LogP) is 1.85. The number of esters is 1. The molecule has 0 aliphatic carbocycles. The van der Waals surface area contributed by atoms with Gasteiger partial charge in [0.1, 0.15) is 5.82 Å². The number of aromatic amines is 1. The number of amides is 1. The van der Waals surface area contributed by atoms with E-state index in [2.05, 4.69) is 20.2 Å². The fourth-order valence-electron chi connectivity index (χ4n) is 3.82. The molecule has 2 N–H and O–H groups in total. The lowest BCUT2D eigenvalue weighted by Crippen LogP contribution is -2.41. The fourth-order valence-corrected chi connectivity index (χ4v) is 3.82. The molecule has 0 radical (unpaired) electrons. The SMILES string of the molecule is COC(=O)c1ccc2c(=O)[nH]c(CN3CCC(C(=O)NCCCOC(C)C)CC3)nc2c1. The van der Waals surface area contributed by atoms with Crippen molar-refractivity contribution in [3.8, 4) is 0 Å². The summed E-state index contributed by atoms with van der Waals surface area (Å²) < 4.78 is 10.2. The van der Waals surface area contributed by atoms with Crippen LogP contribution in [-0.4, -0.2) is 66.2 Å². The molecule has 32 heavy (non-hydrogen) atoms. The van der Waals surface area contributed by atoms with Crippen LogP contribution in [0.15, 0.2) is 23.0 Å². The summed E-state index contributed by atoms with van der Waals surface area (Å²) in [5.41, 5.74) is 0.575. The lowest BCUT2D eigenvalue weighted by Gasteiger charge is -2.30. The lowest BCUT2D eigenvalue weighted by molar-refractivity contribution is -0.126. The molecule has 9 nitrogen and oxygen atoms in total. The van der Waals surface area contributed by atoms with Gasteiger partial charge in [-0.2, -0.15) is 0 Å². The zero-order valence-electron chi connectivity index (χ0n) is 19.0. The average molecular weight is 445 g/mol. The van der Waals surface area contributed by atoms with E-state index in [1.165, 1.54) is 7.11 Å². The quantitative estimate of drug-likeness (QED) is 0.448. The minimum atomic E-state index is -0.469. The Morgan fingerprint density at radius 1 is 1.28 bits per heavy atom. The molecule has 3 rings (SSSR count). The number of rotatable bonds is 9. The second kappa shape index (κ2) is 11.2. The third-order valence-electron chi connectivity index (χ3n) is 5.58. The maximum Gasteiger partial charge on any atom is 0.337 e. The van der Waals surface area contributed by atoms with Gasteiger partial charge >= 0.3 is 5.97 Å². The molecule has 174 valence electrons. The number of piperidine rings is 1. The van der Waals surface area contributed by atoms with Crippen LogP contribution < -0.4 is 10.9 Å². The molecular formula is C23H32N4O5. The van der Waals surface area contributed by atoms with Crippen molar-refractivity contribution in [3.05, 3.63) is 39.9 Å². The molecule has 1 aromatic heterocycles. The normalized spacial score (nSPS) is 15.2. The summed E-state index contributed by atoms with van der Waals surface area (Å²) in [4.78, 5) is 46.1. The first-order valence-corrected chi connectivity index (χ1v) is 11.1. The number of fused-ring (bicyclic) bond motifs is 1. The summed E-state index contributed by atoms with van der Waals surface area (Å²) in [6.45, 7) is 7.24. The van der Waals surface area contributed by atoms with Crippen LogP contribution in [0.5, 0.6) is 0 Å². The van der Waals surface area contributed by atoms with Crippen LogP contribution in [0.4, 0.5) is 0 Å². The van der Waals surface area contributed by atoms with Gasteiger partial charge < -0.3 is 19.8 Å². The summed E-state index contributed by atoms with van der Waals surface area (Å²) in [7, 11) is 1.31. The first-order valence-electron chi connectivity index (χ1n) is 11.1. The van der Waals surface area contributed by atoms with E-state index in [0.29, 0.717) is 42.0 Å². The Morgan fingerprint density at radius 2 is 2.03 bits per heavy atom. The van der Waals surface area contributed by atoms with Gasteiger partial charge in [-0.05, 0) is 64.4 Å². The summed E-state index contributed by atoms with van der Waals surface area (Å²) in [5.74, 6) is 0.172. The molecule has 2 heterocycles. The third kappa shape index (κ3) is 6.37. The highest BCUT2D eigenvalue weighted by Crippen LogP contribution is 2.19. The molecular weight excluding hydrogens is 412 g/mol. The lowest BCUT2D eigenvalue weighted by atomic mass is 9.96. The number of methoxy groups -OCH3 is 1. The van der Waals surface area contributed by atoms with Crippen molar-refractivity contribution in [2.45, 2.75) is 45.8 Å². The zero-order chi connectivity index (χ0) is 23.1. The Balaban J connectivity index is 1.52. The van der Waals surface area contributed by atoms with E-state index in [1.54, 1.807) is 18.2 Å². The molecule has 0 saturated carbocycles. The summed E-state index contributed by atoms with van der Waals surface area (Å²) in [6.07, 6.45) is 2.54. The van der Waals surface area contributed by atoms with Crippen LogP contribution in [0.2, 0.25) is 0 Å². The Bertz CT molecular complexity index is 996. The van der Waals surface area contributed by atoms with Crippen molar-refractivity contribution in [2.24, 2.45) is 5.92 Å². The van der Waals surface area contributed by atoms with Crippen molar-refractivity contribution in [1.82, 2.24) is 20.2 Å². The largest absolute Gasteiger partial charge is 0.465 e. The van der Waals surface area contributed by atoms with Crippen LogP contribution in [0, 0.1) is 5.92 Å². The number of carbonyl (C=O) groups is 2. The highest BCUT2D eigenvalue weighted by atomic mass is 16.5. The smallest absolute Gasteiger partial charge is 0.337 e. The number of ether oxygens (including phenoxy) is 2. The Morgan fingerprint density at radius 3 is 2.72 bits per heavy atom. The number of carbonyl (C=O) groups excluding carboxylic acids is 2. The number of hydrogen-bond acceptors (Lipinski definition) is 7. The molecule has 0 bridgehead atoms. The average Bonchev–Trinajstić information content (AvgIpc) is 2.78. The molecule has 0 spiro atoms. The van der Waals surface area contributed by atoms with E-state index < -0.39 is 5.97 Å². The maximum atomic E-state index is 12.4. The molecule has 1 fully saturated rings. The van der Waals surface area contributed by atoms with Crippen LogP contribution in [0.25, 0.3) is 10.9 Å². The standard InChI is InChI=1S/C23H32N4O5/c1-15(2)32-12-4-9-24-21(28)16-7-10-27(11-8-16)14-20-25-19-13-17(23(30)31-3)5-6-18(19)22(29)26-20/h5-6,13,15-16H,4,7-12,14H2,1-3H3,(H,24,28)(H,25,26,29). The van der Waals surface area contributed by atoms with E-state index in [4.69, 9.17) is 9.47 Å². The fraction of sp³-hybridized carbons (Fsp3) is 0.565. The molecule has 1 aliphatic heterocycles. The second-order valence-corrected chi connectivity index (χ2v) is 8.35. The monoisotopic (exact) mass is 444 g/mol. The second-order valence-electron chi connectivity index (χ2n) is 8.35. The van der Waals surface area contributed by atoms with Crippen molar-refractivity contribution in [2.75, 3.05) is 33.4 Å². The van der Waals surface area contributed by atoms with E-state index in [-0.39, 0.29) is 23.5 Å². The van der Waals surface area contributed by atoms with Gasteiger partial charge in [0.05, 0.1) is 36.2 Å². The summed E-state index contributed by atoms with van der Waals surface area (Å²) in [5, 5.41) is 3.43. The number of benzene rings is 1. The highest BCUT2D eigenvalue weighted by Gasteiger charge is 2.25. The molecule has 0 unspecified atom stereocenters. The first kappa shape index (κ1) is 23.9. The Kier molecular flexibility index (Phi) is 8.35. The van der Waals surface area contributed by atoms with Gasteiger partial charge in [0.2, 0.25) is 5.91 Å². The number of H-pyrrole nitrogens is 1. The minimum absolute atomic E-state index is 0.00323. The number of nitrogens with zero attached hydrogens (tertiary/aromatic N) is 2. The maximum absolute atomic E-state index is 12.4. The van der Waals surface area contributed by atoms with Gasteiger partial charge in [0.15, 0.2) is 0 Å². The summed E-state index contributed by atoms with van der Waals surface area (Å²) >= 11 is 0. The van der Waals surface area contributed by atoms with Crippen molar-refractivity contribution in [1.29, 1.82) is 0 Å². The van der Waals surface area contributed by atoms with Crippen LogP contribution in [-0.2, 0) is 20.8 Å². The van der Waals surface area contributed by atoms with Gasteiger partial charge in [-0.3, -0.25) is 14.5 Å².